The zero-order valence-corrected chi connectivity index (χ0v) is 70.5. The minimum absolute atomic E-state index is 0.0829. The maximum absolute atomic E-state index is 7.64. The number of para-hydroxylation sites is 5. The summed E-state index contributed by atoms with van der Waals surface area (Å²) in [5, 5.41) is 3.08. The van der Waals surface area contributed by atoms with E-state index < -0.39 is 10.8 Å². The van der Waals surface area contributed by atoms with Gasteiger partial charge in [0.05, 0.1) is 33.4 Å². The van der Waals surface area contributed by atoms with Crippen LogP contribution in [0.4, 0.5) is 0 Å². The third kappa shape index (κ3) is 10.7. The van der Waals surface area contributed by atoms with Gasteiger partial charge in [-0.05, 0) is 166 Å². The Morgan fingerprint density at radius 3 is 1.47 bits per heavy atom. The van der Waals surface area contributed by atoms with Crippen LogP contribution in [0.25, 0.3) is 162 Å². The van der Waals surface area contributed by atoms with Crippen molar-refractivity contribution in [3.63, 3.8) is 0 Å². The molecule has 18 aromatic carbocycles. The summed E-state index contributed by atoms with van der Waals surface area (Å²) >= 11 is 0. The van der Waals surface area contributed by atoms with Crippen molar-refractivity contribution in [2.75, 3.05) is 0 Å². The number of hydrogen-bond donors (Lipinski definition) is 0. The largest absolute Gasteiger partial charge is 0.456 e. The average Bonchev–Trinajstić information content (AvgIpc) is 1.53. The molecule has 606 valence electrons. The number of aromatic nitrogens is 4. The van der Waals surface area contributed by atoms with Crippen molar-refractivity contribution in [2.24, 2.45) is 0 Å². The predicted octanol–water partition coefficient (Wildman–Crippen LogP) is 30.7. The standard InChI is InChI=1S/C123H76N4O3/c1-72-68-83-69-81(60-62-85(83)114-94(111(72)76-28-6-3-7-29-76)64-66-103-118(114)129-109-50-24-20-45-100(109)122(103)97-42-17-12-34-86(97)87-35-13-18-43-98(87)122)74-52-56-78(57-53-74)116-92-38-15-22-48-105(92)124-121(127-116)80-58-54-75(55-59-80)84-39-27-47-102-113(84)91-37-14-19-44-99(91)123(102)101-46-21-25-51-110(101)130-119-104(123)67-65-95-112(77-30-8-4-9-31-77)73(2)96-70-82(61-63-89(96)115(95)119)106-71-107(126-120(125-106)79-32-10-5-11-33-79)93-41-26-40-90-88-36-16-23-49-108(88)128-117(90)93/h3-67,69-71,111-112H,1-2,68H2. The molecular formula is C123H76N4O3. The number of nitrogens with zero attached hydrogens (tertiary/aromatic N) is 4. The van der Waals surface area contributed by atoms with Gasteiger partial charge in [-0.1, -0.05) is 389 Å². The molecule has 130 heavy (non-hydrogen) atoms. The second-order valence-electron chi connectivity index (χ2n) is 35.2. The average molecular weight is 1660 g/mol. The highest BCUT2D eigenvalue weighted by Crippen LogP contribution is 2.69. The number of rotatable bonds is 9. The van der Waals surface area contributed by atoms with Gasteiger partial charge >= 0.3 is 0 Å². The molecule has 3 aromatic heterocycles. The summed E-state index contributed by atoms with van der Waals surface area (Å²) in [6.45, 7) is 10.0. The van der Waals surface area contributed by atoms with E-state index >= 15 is 0 Å². The number of benzene rings is 18. The molecule has 2 aliphatic heterocycles. The molecule has 7 nitrogen and oxygen atoms in total. The van der Waals surface area contributed by atoms with Gasteiger partial charge in [-0.3, -0.25) is 0 Å². The molecule has 7 heteroatoms. The lowest BCUT2D eigenvalue weighted by molar-refractivity contribution is 0.437. The van der Waals surface area contributed by atoms with Gasteiger partial charge in [-0.25, -0.2) is 19.9 Å². The summed E-state index contributed by atoms with van der Waals surface area (Å²) in [5.74, 6) is 4.38. The molecule has 5 heterocycles. The minimum atomic E-state index is -0.804. The lowest BCUT2D eigenvalue weighted by atomic mass is 9.63. The SMILES string of the molecule is C=C1Cc2cc(-c3ccc(-c4nc(-c5ccc(-c6cccc7c6-c6ccccc6C76c7ccccc7Oc7c6ccc6c7-c7ccc(-c8cc(-c9cccc%10c9oc9ccccc9%10)nc(-c9ccccc9)n8)cc7C(=C)C6c6ccccc6)cc5)nc5ccccc45)cc3)ccc2-c2c(ccc3c2Oc2ccccc2C32c3ccccc3-c3ccccc32)C1c1ccccc1. The predicted molar refractivity (Wildman–Crippen MR) is 525 cm³/mol. The number of fused-ring (bicyclic) bond motifs is 30. The van der Waals surface area contributed by atoms with E-state index in [1.54, 1.807) is 0 Å². The normalized spacial score (nSPS) is 15.8. The summed E-state index contributed by atoms with van der Waals surface area (Å²) in [6.07, 6.45) is 0.683. The van der Waals surface area contributed by atoms with E-state index in [1.165, 1.54) is 61.2 Å². The van der Waals surface area contributed by atoms with Crippen molar-refractivity contribution in [3.05, 3.63) is 509 Å². The van der Waals surface area contributed by atoms with Gasteiger partial charge in [0.25, 0.3) is 0 Å². The Hall–Kier alpha value is -16.7. The third-order valence-electron chi connectivity index (χ3n) is 28.6. The molecule has 3 unspecified atom stereocenters. The van der Waals surface area contributed by atoms with E-state index in [0.29, 0.717) is 18.1 Å². The molecule has 2 spiro atoms. The first-order chi connectivity index (χ1) is 64.3. The fraction of sp³-hybridized carbons (Fsp3) is 0.0407. The molecule has 27 rings (SSSR count). The molecule has 0 N–H and O–H groups in total. The molecule has 6 aliphatic rings. The third-order valence-corrected chi connectivity index (χ3v) is 28.6. The quantitative estimate of drug-likeness (QED) is 0.133. The maximum Gasteiger partial charge on any atom is 0.160 e. The first kappa shape index (κ1) is 73.6. The van der Waals surface area contributed by atoms with Gasteiger partial charge < -0.3 is 13.9 Å². The molecule has 0 radical (unpaired) electrons. The van der Waals surface area contributed by atoms with Crippen LogP contribution in [0.15, 0.2) is 436 Å². The van der Waals surface area contributed by atoms with Crippen LogP contribution in [0.3, 0.4) is 0 Å². The molecule has 0 fully saturated rings. The second-order valence-corrected chi connectivity index (χ2v) is 35.2. The zero-order chi connectivity index (χ0) is 85.6. The van der Waals surface area contributed by atoms with Gasteiger partial charge in [0.2, 0.25) is 0 Å². The molecule has 0 amide bonds. The summed E-state index contributed by atoms with van der Waals surface area (Å²) in [6, 6.07) is 149. The zero-order valence-electron chi connectivity index (χ0n) is 70.5. The summed E-state index contributed by atoms with van der Waals surface area (Å²) in [7, 11) is 0. The summed E-state index contributed by atoms with van der Waals surface area (Å²) in [4.78, 5) is 21.6. The van der Waals surface area contributed by atoms with Crippen LogP contribution in [0.5, 0.6) is 23.0 Å². The lowest BCUT2D eigenvalue weighted by Crippen LogP contribution is -2.33. The minimum Gasteiger partial charge on any atom is -0.456 e. The Kier molecular flexibility index (Phi) is 16.1. The van der Waals surface area contributed by atoms with Crippen LogP contribution in [-0.4, -0.2) is 19.9 Å². The van der Waals surface area contributed by atoms with E-state index in [9.17, 15) is 0 Å². The fourth-order valence-corrected chi connectivity index (χ4v) is 23.0. The van der Waals surface area contributed by atoms with Crippen molar-refractivity contribution >= 4 is 38.4 Å². The monoisotopic (exact) mass is 1660 g/mol. The van der Waals surface area contributed by atoms with Gasteiger partial charge in [-0.15, -0.1) is 0 Å². The molecule has 3 atom stereocenters. The van der Waals surface area contributed by atoms with Crippen molar-refractivity contribution in [2.45, 2.75) is 29.1 Å². The van der Waals surface area contributed by atoms with Crippen molar-refractivity contribution < 1.29 is 13.9 Å². The highest BCUT2D eigenvalue weighted by atomic mass is 16.5. The van der Waals surface area contributed by atoms with Crippen molar-refractivity contribution in [1.29, 1.82) is 0 Å². The van der Waals surface area contributed by atoms with Crippen LogP contribution in [0, 0.1) is 0 Å². The number of ether oxygens (including phenoxy) is 2. The number of furan rings is 1. The molecule has 4 aliphatic carbocycles. The van der Waals surface area contributed by atoms with Crippen LogP contribution in [-0.2, 0) is 17.3 Å². The fourth-order valence-electron chi connectivity index (χ4n) is 23.0. The van der Waals surface area contributed by atoms with Crippen molar-refractivity contribution in [1.82, 2.24) is 19.9 Å². The molecule has 0 saturated heterocycles. The van der Waals surface area contributed by atoms with Crippen LogP contribution < -0.4 is 9.47 Å². The van der Waals surface area contributed by atoms with Gasteiger partial charge in [0.15, 0.2) is 11.6 Å². The van der Waals surface area contributed by atoms with Crippen LogP contribution in [0.1, 0.15) is 89.7 Å². The maximum atomic E-state index is 7.64. The Bertz CT molecular complexity index is 8390. The Morgan fingerprint density at radius 2 is 0.762 bits per heavy atom. The Labute approximate surface area is 751 Å². The first-order valence-electron chi connectivity index (χ1n) is 44.7. The van der Waals surface area contributed by atoms with E-state index in [2.05, 4.69) is 382 Å². The number of allylic oxidation sites excluding steroid dienone is 2. The smallest absolute Gasteiger partial charge is 0.160 e. The Balaban J connectivity index is 0.549. The van der Waals surface area contributed by atoms with Gasteiger partial charge in [-0.2, -0.15) is 0 Å². The Morgan fingerprint density at radius 1 is 0.277 bits per heavy atom. The van der Waals surface area contributed by atoms with Crippen LogP contribution >= 0.6 is 0 Å². The molecule has 21 aromatic rings. The topological polar surface area (TPSA) is 83.2 Å². The molecule has 0 saturated carbocycles. The highest BCUT2D eigenvalue weighted by Gasteiger charge is 2.55. The van der Waals surface area contributed by atoms with E-state index in [4.69, 9.17) is 47.0 Å². The lowest BCUT2D eigenvalue weighted by Gasteiger charge is -2.42. The van der Waals surface area contributed by atoms with E-state index in [0.717, 1.165) is 195 Å². The summed E-state index contributed by atoms with van der Waals surface area (Å²) < 4.78 is 21.8. The summed E-state index contributed by atoms with van der Waals surface area (Å²) in [5.41, 5.74) is 40.2. The van der Waals surface area contributed by atoms with Gasteiger partial charge in [0, 0.05) is 89.2 Å². The van der Waals surface area contributed by atoms with E-state index in [1.807, 2.05) is 30.3 Å². The number of hydrogen-bond acceptors (Lipinski definition) is 7. The molecule has 0 bridgehead atoms. The first-order valence-corrected chi connectivity index (χ1v) is 44.7. The van der Waals surface area contributed by atoms with E-state index in [-0.39, 0.29) is 11.8 Å². The van der Waals surface area contributed by atoms with Crippen LogP contribution in [0.2, 0.25) is 0 Å². The highest BCUT2D eigenvalue weighted by molar-refractivity contribution is 6.10. The molecular weight excluding hydrogens is 1580 g/mol. The van der Waals surface area contributed by atoms with Gasteiger partial charge in [0.1, 0.15) is 34.2 Å². The second kappa shape index (κ2) is 28.4. The van der Waals surface area contributed by atoms with Crippen molar-refractivity contribution in [3.8, 4) is 146 Å².